The first kappa shape index (κ1) is 17.5. The Hall–Kier alpha value is -2.55. The Morgan fingerprint density at radius 2 is 1.39 bits per heavy atom. The lowest BCUT2D eigenvalue weighted by atomic mass is 9.74. The summed E-state index contributed by atoms with van der Waals surface area (Å²) in [6, 6.07) is 20.2. The molecule has 2 aromatic carbocycles. The molecule has 0 radical (unpaired) electrons. The first-order valence-electron chi connectivity index (χ1n) is 9.80. The van der Waals surface area contributed by atoms with Gasteiger partial charge in [-0.25, -0.2) is 0 Å². The first-order chi connectivity index (χ1) is 13.7. The minimum Gasteiger partial charge on any atom is -0.348 e. The minimum atomic E-state index is -1.02. The molecular formula is C23H23N3O2. The van der Waals surface area contributed by atoms with Crippen molar-refractivity contribution in [2.75, 3.05) is 14.2 Å². The molecular weight excluding hydrogens is 350 g/mol. The van der Waals surface area contributed by atoms with Crippen molar-refractivity contribution < 1.29 is 9.47 Å². The summed E-state index contributed by atoms with van der Waals surface area (Å²) in [6.07, 6.45) is 3.29. The van der Waals surface area contributed by atoms with Crippen molar-refractivity contribution in [3.63, 3.8) is 0 Å². The van der Waals surface area contributed by atoms with Crippen LogP contribution in [0.1, 0.15) is 36.0 Å². The van der Waals surface area contributed by atoms with E-state index in [9.17, 15) is 5.26 Å². The number of nitrogens with zero attached hydrogens (tertiary/aromatic N) is 3. The highest BCUT2D eigenvalue weighted by atomic mass is 16.7. The molecule has 2 aliphatic carbocycles. The summed E-state index contributed by atoms with van der Waals surface area (Å²) in [7, 11) is 3.41. The third-order valence-corrected chi connectivity index (χ3v) is 7.20. The minimum absolute atomic E-state index is 0.276. The fourth-order valence-corrected chi connectivity index (χ4v) is 6.30. The second-order valence-corrected chi connectivity index (χ2v) is 7.96. The monoisotopic (exact) mass is 373 g/mol. The molecule has 0 amide bonds. The number of nitriles is 1. The summed E-state index contributed by atoms with van der Waals surface area (Å²) in [5.41, 5.74) is 1.33. The summed E-state index contributed by atoms with van der Waals surface area (Å²) in [6.45, 7) is 0. The van der Waals surface area contributed by atoms with E-state index in [1.165, 1.54) is 0 Å². The van der Waals surface area contributed by atoms with Gasteiger partial charge >= 0.3 is 0 Å². The predicted molar refractivity (Wildman–Crippen MR) is 103 cm³/mol. The van der Waals surface area contributed by atoms with Gasteiger partial charge in [-0.05, 0) is 36.1 Å². The van der Waals surface area contributed by atoms with Crippen molar-refractivity contribution in [2.24, 2.45) is 22.1 Å². The topological polar surface area (TPSA) is 67.0 Å². The largest absolute Gasteiger partial charge is 0.348 e. The molecule has 2 bridgehead atoms. The Morgan fingerprint density at radius 1 is 0.857 bits per heavy atom. The molecule has 4 unspecified atom stereocenters. The van der Waals surface area contributed by atoms with E-state index >= 15 is 0 Å². The molecule has 5 heteroatoms. The lowest BCUT2D eigenvalue weighted by molar-refractivity contribution is -0.263. The Kier molecular flexibility index (Phi) is 3.74. The predicted octanol–water partition coefficient (Wildman–Crippen LogP) is 4.53. The molecule has 0 saturated heterocycles. The summed E-state index contributed by atoms with van der Waals surface area (Å²) in [4.78, 5) is 0. The summed E-state index contributed by atoms with van der Waals surface area (Å²) in [5, 5.41) is 19.1. The fourth-order valence-electron chi connectivity index (χ4n) is 6.30. The number of hydrogen-bond donors (Lipinski definition) is 0. The third-order valence-electron chi connectivity index (χ3n) is 7.20. The number of hydrogen-bond acceptors (Lipinski definition) is 5. The molecule has 1 aliphatic heterocycles. The Bertz CT molecular complexity index is 962. The smallest absolute Gasteiger partial charge is 0.232 e. The molecule has 2 fully saturated rings. The van der Waals surface area contributed by atoms with Crippen molar-refractivity contribution in [1.82, 2.24) is 0 Å². The number of rotatable bonds is 4. The molecule has 28 heavy (non-hydrogen) atoms. The molecule has 5 rings (SSSR count). The normalized spacial score (nSPS) is 34.3. The van der Waals surface area contributed by atoms with Gasteiger partial charge in [-0.2, -0.15) is 15.5 Å². The number of ether oxygens (including phenoxy) is 2. The molecule has 142 valence electrons. The summed E-state index contributed by atoms with van der Waals surface area (Å²) < 4.78 is 12.5. The van der Waals surface area contributed by atoms with Crippen LogP contribution in [0.5, 0.6) is 0 Å². The average molecular weight is 373 g/mol. The lowest BCUT2D eigenvalue weighted by Crippen LogP contribution is -2.58. The zero-order chi connectivity index (χ0) is 19.4. The molecule has 5 nitrogen and oxygen atoms in total. The van der Waals surface area contributed by atoms with E-state index in [2.05, 4.69) is 18.2 Å². The Labute approximate surface area is 165 Å². The van der Waals surface area contributed by atoms with Gasteiger partial charge < -0.3 is 9.47 Å². The molecule has 1 heterocycles. The van der Waals surface area contributed by atoms with Gasteiger partial charge in [-0.15, -0.1) is 0 Å². The molecule has 0 spiro atoms. The van der Waals surface area contributed by atoms with Crippen LogP contribution in [0.2, 0.25) is 0 Å². The van der Waals surface area contributed by atoms with Crippen molar-refractivity contribution in [3.05, 3.63) is 71.3 Å². The average Bonchev–Trinajstić information content (AvgIpc) is 3.42. The zero-order valence-electron chi connectivity index (χ0n) is 16.1. The summed E-state index contributed by atoms with van der Waals surface area (Å²) >= 11 is 0. The molecule has 3 aliphatic rings. The van der Waals surface area contributed by atoms with Crippen LogP contribution in [-0.2, 0) is 20.6 Å². The van der Waals surface area contributed by atoms with Gasteiger partial charge in [-0.1, -0.05) is 48.9 Å². The van der Waals surface area contributed by atoms with Crippen LogP contribution in [0.25, 0.3) is 0 Å². The van der Waals surface area contributed by atoms with Crippen molar-refractivity contribution in [3.8, 4) is 6.07 Å². The highest BCUT2D eigenvalue weighted by Crippen LogP contribution is 2.75. The van der Waals surface area contributed by atoms with E-state index in [0.717, 1.165) is 30.4 Å². The van der Waals surface area contributed by atoms with Crippen molar-refractivity contribution in [2.45, 2.75) is 36.1 Å². The van der Waals surface area contributed by atoms with E-state index in [0.29, 0.717) is 11.5 Å². The van der Waals surface area contributed by atoms with Gasteiger partial charge in [-0.3, -0.25) is 0 Å². The van der Waals surface area contributed by atoms with E-state index in [1.54, 1.807) is 14.2 Å². The SMILES string of the molecule is COC1(OC)C2(c3ccccc3)N=NC1(c1ccc(C#N)cc1)C1CCCC12. The second-order valence-electron chi connectivity index (χ2n) is 7.96. The van der Waals surface area contributed by atoms with Crippen LogP contribution in [0.4, 0.5) is 0 Å². The maximum Gasteiger partial charge on any atom is 0.232 e. The van der Waals surface area contributed by atoms with Crippen LogP contribution in [0, 0.1) is 23.2 Å². The number of methoxy groups -OCH3 is 2. The highest BCUT2D eigenvalue weighted by molar-refractivity contribution is 5.47. The fraction of sp³-hybridized carbons (Fsp3) is 0.435. The van der Waals surface area contributed by atoms with Crippen LogP contribution in [0.15, 0.2) is 64.8 Å². The molecule has 2 aromatic rings. The summed E-state index contributed by atoms with van der Waals surface area (Å²) in [5.74, 6) is -0.452. The van der Waals surface area contributed by atoms with Gasteiger partial charge in [0.2, 0.25) is 5.79 Å². The van der Waals surface area contributed by atoms with Crippen molar-refractivity contribution in [1.29, 1.82) is 5.26 Å². The standard InChI is InChI=1S/C23H23N3O2/c1-27-23(28-2)21(17-7-4-3-5-8-17)19-9-6-10-20(19)22(23,26-25-21)18-13-11-16(15-24)12-14-18/h3-5,7-8,11-14,19-20H,6,9-10H2,1-2H3. The van der Waals surface area contributed by atoms with Crippen LogP contribution in [0.3, 0.4) is 0 Å². The van der Waals surface area contributed by atoms with E-state index in [1.807, 2.05) is 42.5 Å². The van der Waals surface area contributed by atoms with Crippen LogP contribution >= 0.6 is 0 Å². The van der Waals surface area contributed by atoms with Crippen molar-refractivity contribution >= 4 is 0 Å². The maximum atomic E-state index is 9.22. The van der Waals surface area contributed by atoms with Gasteiger partial charge in [0.1, 0.15) is 0 Å². The molecule has 2 saturated carbocycles. The van der Waals surface area contributed by atoms with Crippen LogP contribution in [-0.4, -0.2) is 20.0 Å². The number of azo groups is 1. The van der Waals surface area contributed by atoms with E-state index < -0.39 is 16.9 Å². The van der Waals surface area contributed by atoms with Gasteiger partial charge in [0.15, 0.2) is 11.1 Å². The lowest BCUT2D eigenvalue weighted by Gasteiger charge is -2.44. The third kappa shape index (κ3) is 1.74. The quantitative estimate of drug-likeness (QED) is 0.739. The molecule has 4 atom stereocenters. The highest BCUT2D eigenvalue weighted by Gasteiger charge is 2.84. The van der Waals surface area contributed by atoms with Gasteiger partial charge in [0.25, 0.3) is 0 Å². The second kappa shape index (κ2) is 5.97. The molecule has 0 N–H and O–H groups in total. The molecule has 0 aromatic heterocycles. The Morgan fingerprint density at radius 3 is 1.89 bits per heavy atom. The van der Waals surface area contributed by atoms with E-state index in [4.69, 9.17) is 19.7 Å². The Balaban J connectivity index is 1.80. The number of fused-ring (bicyclic) bond motifs is 5. The van der Waals surface area contributed by atoms with Crippen LogP contribution < -0.4 is 0 Å². The van der Waals surface area contributed by atoms with Gasteiger partial charge in [0, 0.05) is 26.1 Å². The number of benzene rings is 2. The van der Waals surface area contributed by atoms with E-state index in [-0.39, 0.29) is 5.92 Å². The maximum absolute atomic E-state index is 9.22. The zero-order valence-corrected chi connectivity index (χ0v) is 16.1. The van der Waals surface area contributed by atoms with Gasteiger partial charge in [0.05, 0.1) is 11.6 Å². The first-order valence-corrected chi connectivity index (χ1v) is 9.80.